The molecule has 1 aliphatic carbocycles. The molecule has 2 atom stereocenters. The summed E-state index contributed by atoms with van der Waals surface area (Å²) in [5.74, 6) is 0.811. The molecule has 186 valence electrons. The third kappa shape index (κ3) is 4.74. The van der Waals surface area contributed by atoms with E-state index in [0.717, 1.165) is 36.2 Å². The minimum absolute atomic E-state index is 0.0409. The Kier molecular flexibility index (Phi) is 6.32. The van der Waals surface area contributed by atoms with Crippen LogP contribution in [0.2, 0.25) is 0 Å². The lowest BCUT2D eigenvalue weighted by Crippen LogP contribution is -2.33. The number of alkyl carbamates (subject to hydrolysis) is 1. The maximum atomic E-state index is 11.9. The highest BCUT2D eigenvalue weighted by atomic mass is 16.6. The Labute approximate surface area is 207 Å². The molecule has 3 aromatic heterocycles. The summed E-state index contributed by atoms with van der Waals surface area (Å²) in [4.78, 5) is 23.4. The molecule has 0 radical (unpaired) electrons. The average Bonchev–Trinajstić information content (AvgIpc) is 3.58. The van der Waals surface area contributed by atoms with Crippen LogP contribution in [-0.4, -0.2) is 49.4 Å². The molecule has 1 aromatic carbocycles. The molecule has 4 N–H and O–H groups in total. The highest BCUT2D eigenvalue weighted by Gasteiger charge is 2.30. The smallest absolute Gasteiger partial charge is 0.407 e. The Morgan fingerprint density at radius 3 is 2.92 bits per heavy atom. The number of hydrogen-bond acceptors (Lipinski definition) is 7. The molecule has 1 fully saturated rings. The van der Waals surface area contributed by atoms with Gasteiger partial charge in [0, 0.05) is 35.5 Å². The first-order chi connectivity index (χ1) is 17.4. The number of pyridine rings is 1. The number of ether oxygens (including phenoxy) is 1. The maximum absolute atomic E-state index is 11.9. The van der Waals surface area contributed by atoms with E-state index in [1.165, 1.54) is 6.07 Å². The van der Waals surface area contributed by atoms with E-state index in [0.29, 0.717) is 23.4 Å². The van der Waals surface area contributed by atoms with Gasteiger partial charge in [0.1, 0.15) is 11.9 Å². The fraction of sp³-hybridized carbons (Fsp3) is 0.308. The first-order valence-electron chi connectivity index (χ1n) is 12.0. The number of nitrogens with one attached hydrogen (secondary N) is 3. The molecule has 10 heteroatoms. The summed E-state index contributed by atoms with van der Waals surface area (Å²) in [6.45, 7) is 3.80. The lowest BCUT2D eigenvalue weighted by atomic mass is 10.0. The maximum Gasteiger partial charge on any atom is 0.407 e. The Hall–Kier alpha value is -4.34. The van der Waals surface area contributed by atoms with Crippen molar-refractivity contribution in [2.24, 2.45) is 0 Å². The number of aromatic amines is 1. The van der Waals surface area contributed by atoms with Crippen LogP contribution in [0.1, 0.15) is 55.1 Å². The molecule has 4 aromatic rings. The van der Waals surface area contributed by atoms with Gasteiger partial charge in [0.05, 0.1) is 22.5 Å². The van der Waals surface area contributed by atoms with E-state index in [1.807, 2.05) is 44.3 Å². The zero-order valence-corrected chi connectivity index (χ0v) is 20.1. The third-order valence-electron chi connectivity index (χ3n) is 6.34. The number of carbonyl (C=O) groups excluding carboxylic acids is 2. The molecule has 36 heavy (non-hydrogen) atoms. The minimum Gasteiger partial charge on any atom is -0.507 e. The van der Waals surface area contributed by atoms with Gasteiger partial charge in [0.15, 0.2) is 12.1 Å². The van der Waals surface area contributed by atoms with Crippen LogP contribution >= 0.6 is 0 Å². The van der Waals surface area contributed by atoms with Gasteiger partial charge in [-0.25, -0.2) is 9.31 Å². The fourth-order valence-corrected chi connectivity index (χ4v) is 4.65. The molecular weight excluding hydrogens is 460 g/mol. The number of aldehydes is 1. The van der Waals surface area contributed by atoms with E-state index >= 15 is 0 Å². The first kappa shape index (κ1) is 23.4. The number of phenols is 1. The molecule has 1 aliphatic rings. The zero-order chi connectivity index (χ0) is 25.2. The van der Waals surface area contributed by atoms with Gasteiger partial charge in [-0.3, -0.25) is 9.89 Å². The van der Waals surface area contributed by atoms with Crippen LogP contribution in [-0.2, 0) is 4.74 Å². The van der Waals surface area contributed by atoms with Gasteiger partial charge in [-0.1, -0.05) is 12.1 Å². The summed E-state index contributed by atoms with van der Waals surface area (Å²) in [6, 6.07) is 12.6. The molecule has 1 saturated carbocycles. The van der Waals surface area contributed by atoms with Crippen molar-refractivity contribution in [2.45, 2.75) is 51.2 Å². The van der Waals surface area contributed by atoms with E-state index < -0.39 is 0 Å². The minimum atomic E-state index is -0.373. The second-order valence-corrected chi connectivity index (χ2v) is 9.31. The van der Waals surface area contributed by atoms with Crippen molar-refractivity contribution in [3.8, 4) is 17.0 Å². The monoisotopic (exact) mass is 488 g/mol. The number of amides is 1. The number of H-pyrrole nitrogens is 1. The Balaban J connectivity index is 1.32. The van der Waals surface area contributed by atoms with E-state index in [9.17, 15) is 14.7 Å². The van der Waals surface area contributed by atoms with Crippen LogP contribution < -0.4 is 10.6 Å². The van der Waals surface area contributed by atoms with E-state index in [-0.39, 0.29) is 35.5 Å². The van der Waals surface area contributed by atoms with Crippen molar-refractivity contribution in [1.82, 2.24) is 25.1 Å². The molecule has 10 nitrogen and oxygen atoms in total. The highest BCUT2D eigenvalue weighted by Crippen LogP contribution is 2.36. The Morgan fingerprint density at radius 1 is 1.25 bits per heavy atom. The lowest BCUT2D eigenvalue weighted by Gasteiger charge is -2.14. The van der Waals surface area contributed by atoms with Crippen molar-refractivity contribution in [3.05, 3.63) is 59.9 Å². The van der Waals surface area contributed by atoms with Gasteiger partial charge >= 0.3 is 6.09 Å². The van der Waals surface area contributed by atoms with Gasteiger partial charge in [-0.15, -0.1) is 0 Å². The van der Waals surface area contributed by atoms with Crippen molar-refractivity contribution < 1.29 is 19.4 Å². The molecule has 0 unspecified atom stereocenters. The number of fused-ring (bicyclic) bond motifs is 1. The zero-order valence-electron chi connectivity index (χ0n) is 20.1. The van der Waals surface area contributed by atoms with E-state index in [1.54, 1.807) is 16.6 Å². The SMILES string of the molecule is CC(C)NC(=O)O[C@@H]1CC[C@H](c2cc(Nc3cccn4nc(-c5cccc(O)c5C=O)cc34)n[nH]2)C1. The molecule has 5 rings (SSSR count). The van der Waals surface area contributed by atoms with Crippen molar-refractivity contribution in [3.63, 3.8) is 0 Å². The van der Waals surface area contributed by atoms with Crippen LogP contribution in [0.5, 0.6) is 5.75 Å². The predicted molar refractivity (Wildman–Crippen MR) is 135 cm³/mol. The first-order valence-corrected chi connectivity index (χ1v) is 12.0. The fourth-order valence-electron chi connectivity index (χ4n) is 4.65. The van der Waals surface area contributed by atoms with Crippen LogP contribution in [0.4, 0.5) is 16.3 Å². The summed E-state index contributed by atoms with van der Waals surface area (Å²) >= 11 is 0. The van der Waals surface area contributed by atoms with Crippen molar-refractivity contribution >= 4 is 29.4 Å². The van der Waals surface area contributed by atoms with Crippen LogP contribution in [0.3, 0.4) is 0 Å². The topological polar surface area (TPSA) is 134 Å². The summed E-state index contributed by atoms with van der Waals surface area (Å²) in [5.41, 5.74) is 3.91. The predicted octanol–water partition coefficient (Wildman–Crippen LogP) is 4.76. The number of phenolic OH excluding ortho intramolecular Hbond substituents is 1. The molecule has 3 heterocycles. The molecule has 0 spiro atoms. The largest absolute Gasteiger partial charge is 0.507 e. The summed E-state index contributed by atoms with van der Waals surface area (Å²) in [5, 5.41) is 28.3. The Morgan fingerprint density at radius 2 is 2.11 bits per heavy atom. The molecule has 1 amide bonds. The van der Waals surface area contributed by atoms with Gasteiger partial charge in [-0.2, -0.15) is 10.2 Å². The van der Waals surface area contributed by atoms with Crippen molar-refractivity contribution in [2.75, 3.05) is 5.32 Å². The number of benzene rings is 1. The quantitative estimate of drug-likeness (QED) is 0.276. The number of hydrogen-bond donors (Lipinski definition) is 4. The average molecular weight is 489 g/mol. The molecule has 0 bridgehead atoms. The van der Waals surface area contributed by atoms with Crippen LogP contribution in [0.15, 0.2) is 48.7 Å². The second kappa shape index (κ2) is 9.73. The Bertz CT molecular complexity index is 1410. The van der Waals surface area contributed by atoms with Gasteiger partial charge in [0.2, 0.25) is 0 Å². The molecular formula is C26H28N6O4. The van der Waals surface area contributed by atoms with E-state index in [4.69, 9.17) is 4.74 Å². The normalized spacial score (nSPS) is 17.4. The van der Waals surface area contributed by atoms with Crippen LogP contribution in [0, 0.1) is 0 Å². The number of nitrogens with zero attached hydrogens (tertiary/aromatic N) is 3. The molecule has 0 saturated heterocycles. The number of aromatic nitrogens is 4. The van der Waals surface area contributed by atoms with Gasteiger partial charge in [0.25, 0.3) is 0 Å². The summed E-state index contributed by atoms with van der Waals surface area (Å²) in [6.07, 6.45) is 4.44. The lowest BCUT2D eigenvalue weighted by molar-refractivity contribution is 0.0981. The van der Waals surface area contributed by atoms with Crippen molar-refractivity contribution in [1.29, 1.82) is 0 Å². The summed E-state index contributed by atoms with van der Waals surface area (Å²) < 4.78 is 7.25. The third-order valence-corrected chi connectivity index (χ3v) is 6.34. The highest BCUT2D eigenvalue weighted by molar-refractivity contribution is 5.91. The standard InChI is InChI=1S/C26H28N6O4/c1-15(2)27-26(35)36-17-9-8-16(11-17)21-13-25(30-29-21)28-20-6-4-10-32-23(20)12-22(31-32)18-5-3-7-24(34)19(18)14-33/h3-7,10,12-17,34H,8-9,11H2,1-2H3,(H,27,35)(H2,28,29,30)/t16-,17+/m0/s1. The number of carbonyl (C=O) groups is 2. The second-order valence-electron chi connectivity index (χ2n) is 9.31. The number of aromatic hydroxyl groups is 1. The number of rotatable bonds is 7. The van der Waals surface area contributed by atoms with E-state index in [2.05, 4.69) is 25.9 Å². The number of anilines is 2. The van der Waals surface area contributed by atoms with Gasteiger partial charge in [-0.05, 0) is 57.4 Å². The summed E-state index contributed by atoms with van der Waals surface area (Å²) in [7, 11) is 0. The van der Waals surface area contributed by atoms with Gasteiger partial charge < -0.3 is 20.5 Å². The molecule has 0 aliphatic heterocycles. The van der Waals surface area contributed by atoms with Crippen LogP contribution in [0.25, 0.3) is 16.8 Å².